The zero-order valence-electron chi connectivity index (χ0n) is 12.6. The summed E-state index contributed by atoms with van der Waals surface area (Å²) in [7, 11) is 2.07. The van der Waals surface area contributed by atoms with E-state index in [0.29, 0.717) is 6.04 Å². The van der Waals surface area contributed by atoms with Gasteiger partial charge in [0.05, 0.1) is 0 Å². The second-order valence-electron chi connectivity index (χ2n) is 5.44. The highest BCUT2D eigenvalue weighted by Gasteiger charge is 2.40. The number of nitrogens with one attached hydrogen (secondary N) is 1. The Kier molecular flexibility index (Phi) is 5.64. The lowest BCUT2D eigenvalue weighted by Gasteiger charge is -2.44. The Hall–Kier alpha value is -1.30. The molecule has 2 rings (SSSR count). The van der Waals surface area contributed by atoms with Crippen LogP contribution >= 0.6 is 0 Å². The molecule has 1 aromatic rings. The lowest BCUT2D eigenvalue weighted by molar-refractivity contribution is 0.0344. The normalized spacial score (nSPS) is 18.9. The Bertz CT molecular complexity index is 451. The van der Waals surface area contributed by atoms with Gasteiger partial charge >= 0.3 is 0 Å². The van der Waals surface area contributed by atoms with Crippen molar-refractivity contribution in [3.8, 4) is 11.8 Å². The van der Waals surface area contributed by atoms with Gasteiger partial charge in [0.15, 0.2) is 0 Å². The van der Waals surface area contributed by atoms with Crippen molar-refractivity contribution in [1.82, 2.24) is 5.32 Å². The fourth-order valence-electron chi connectivity index (χ4n) is 3.38. The van der Waals surface area contributed by atoms with Crippen LogP contribution in [0.5, 0.6) is 0 Å². The third-order valence-corrected chi connectivity index (χ3v) is 4.48. The molecule has 1 aliphatic heterocycles. The van der Waals surface area contributed by atoms with Crippen LogP contribution in [0.15, 0.2) is 30.3 Å². The van der Waals surface area contributed by atoms with E-state index in [1.807, 2.05) is 6.92 Å². The van der Waals surface area contributed by atoms with Crippen LogP contribution in [0.4, 0.5) is 0 Å². The molecule has 0 aliphatic carbocycles. The molecule has 2 nitrogen and oxygen atoms in total. The van der Waals surface area contributed by atoms with Crippen LogP contribution in [-0.4, -0.2) is 26.3 Å². The van der Waals surface area contributed by atoms with Crippen LogP contribution < -0.4 is 5.32 Å². The van der Waals surface area contributed by atoms with Crippen LogP contribution in [-0.2, 0) is 10.2 Å². The minimum atomic E-state index is 0.184. The molecule has 1 fully saturated rings. The van der Waals surface area contributed by atoms with E-state index >= 15 is 0 Å². The van der Waals surface area contributed by atoms with Gasteiger partial charge in [-0.25, -0.2) is 0 Å². The molecule has 0 saturated carbocycles. The third kappa shape index (κ3) is 3.23. The van der Waals surface area contributed by atoms with Crippen molar-refractivity contribution in [2.24, 2.45) is 0 Å². The average molecular weight is 271 g/mol. The Morgan fingerprint density at radius 2 is 1.95 bits per heavy atom. The average Bonchev–Trinajstić information content (AvgIpc) is 2.53. The molecule has 0 amide bonds. The van der Waals surface area contributed by atoms with Crippen molar-refractivity contribution in [2.75, 3.05) is 20.3 Å². The summed E-state index contributed by atoms with van der Waals surface area (Å²) >= 11 is 0. The van der Waals surface area contributed by atoms with Crippen LogP contribution in [0, 0.1) is 11.8 Å². The number of benzene rings is 1. The smallest absolute Gasteiger partial charge is 0.0475 e. The second-order valence-corrected chi connectivity index (χ2v) is 5.44. The Morgan fingerprint density at radius 1 is 1.25 bits per heavy atom. The number of hydrogen-bond donors (Lipinski definition) is 1. The molecule has 0 radical (unpaired) electrons. The van der Waals surface area contributed by atoms with Gasteiger partial charge in [-0.3, -0.25) is 0 Å². The number of rotatable bonds is 5. The molecule has 1 aromatic carbocycles. The van der Waals surface area contributed by atoms with Gasteiger partial charge < -0.3 is 10.1 Å². The molecule has 1 saturated heterocycles. The van der Waals surface area contributed by atoms with Crippen molar-refractivity contribution in [3.05, 3.63) is 35.9 Å². The Morgan fingerprint density at radius 3 is 2.55 bits per heavy atom. The van der Waals surface area contributed by atoms with Crippen LogP contribution in [0.3, 0.4) is 0 Å². The first-order valence-corrected chi connectivity index (χ1v) is 7.53. The molecular weight excluding hydrogens is 246 g/mol. The summed E-state index contributed by atoms with van der Waals surface area (Å²) in [5.74, 6) is 6.20. The zero-order chi connectivity index (χ0) is 14.3. The van der Waals surface area contributed by atoms with Crippen LogP contribution in [0.2, 0.25) is 0 Å². The number of ether oxygens (including phenoxy) is 1. The summed E-state index contributed by atoms with van der Waals surface area (Å²) in [4.78, 5) is 0. The van der Waals surface area contributed by atoms with Crippen LogP contribution in [0.25, 0.3) is 0 Å². The van der Waals surface area contributed by atoms with E-state index in [9.17, 15) is 0 Å². The van der Waals surface area contributed by atoms with Crippen molar-refractivity contribution in [3.63, 3.8) is 0 Å². The van der Waals surface area contributed by atoms with Crippen LogP contribution in [0.1, 0.15) is 38.2 Å². The molecule has 1 heterocycles. The van der Waals surface area contributed by atoms with Crippen molar-refractivity contribution in [1.29, 1.82) is 0 Å². The predicted molar refractivity (Wildman–Crippen MR) is 83.7 cm³/mol. The van der Waals surface area contributed by atoms with Crippen molar-refractivity contribution in [2.45, 2.75) is 44.1 Å². The summed E-state index contributed by atoms with van der Waals surface area (Å²) in [6.07, 6.45) is 4.22. The van der Waals surface area contributed by atoms with E-state index in [2.05, 4.69) is 54.5 Å². The van der Waals surface area contributed by atoms with E-state index in [4.69, 9.17) is 4.74 Å². The van der Waals surface area contributed by atoms with Gasteiger partial charge in [0.25, 0.3) is 0 Å². The summed E-state index contributed by atoms with van der Waals surface area (Å²) in [6.45, 7) is 3.62. The lowest BCUT2D eigenvalue weighted by atomic mass is 9.67. The molecule has 1 aliphatic rings. The predicted octanol–water partition coefficient (Wildman–Crippen LogP) is 3.13. The molecule has 2 heteroatoms. The quantitative estimate of drug-likeness (QED) is 0.831. The van der Waals surface area contributed by atoms with Gasteiger partial charge in [-0.1, -0.05) is 30.3 Å². The van der Waals surface area contributed by atoms with Crippen molar-refractivity contribution >= 4 is 0 Å². The van der Waals surface area contributed by atoms with E-state index < -0.39 is 0 Å². The second kappa shape index (κ2) is 7.47. The first kappa shape index (κ1) is 15.1. The van der Waals surface area contributed by atoms with E-state index in [1.54, 1.807) is 0 Å². The van der Waals surface area contributed by atoms with E-state index in [-0.39, 0.29) is 5.41 Å². The minimum absolute atomic E-state index is 0.184. The maximum Gasteiger partial charge on any atom is 0.0475 e. The minimum Gasteiger partial charge on any atom is -0.381 e. The highest BCUT2D eigenvalue weighted by molar-refractivity contribution is 5.28. The molecule has 0 spiro atoms. The fraction of sp³-hybridized carbons (Fsp3) is 0.556. The first-order valence-electron chi connectivity index (χ1n) is 7.53. The standard InChI is InChI=1S/C18H25NO/c1-3-4-6-11-17(19-2)18(12-14-20-15-13-18)16-9-7-5-8-10-16/h5,7-10,17,19H,6,11-15H2,1-2H3. The molecular formula is C18H25NO. The largest absolute Gasteiger partial charge is 0.381 e. The molecule has 1 N–H and O–H groups in total. The third-order valence-electron chi connectivity index (χ3n) is 4.48. The Labute approximate surface area is 122 Å². The maximum absolute atomic E-state index is 5.61. The molecule has 1 unspecified atom stereocenters. The van der Waals surface area contributed by atoms with Gasteiger partial charge in [-0.15, -0.1) is 11.8 Å². The molecule has 0 aromatic heterocycles. The van der Waals surface area contributed by atoms with Gasteiger partial charge in [0.1, 0.15) is 0 Å². The maximum atomic E-state index is 5.61. The molecule has 108 valence electrons. The highest BCUT2D eigenvalue weighted by Crippen LogP contribution is 2.39. The van der Waals surface area contributed by atoms with Gasteiger partial charge in [-0.2, -0.15) is 0 Å². The summed E-state index contributed by atoms with van der Waals surface area (Å²) in [5.41, 5.74) is 1.62. The van der Waals surface area contributed by atoms with Gasteiger partial charge in [0, 0.05) is 31.1 Å². The number of hydrogen-bond acceptors (Lipinski definition) is 2. The van der Waals surface area contributed by atoms with E-state index in [0.717, 1.165) is 38.9 Å². The lowest BCUT2D eigenvalue weighted by Crippen LogP contribution is -2.50. The van der Waals surface area contributed by atoms with E-state index in [1.165, 1.54) is 5.56 Å². The monoisotopic (exact) mass is 271 g/mol. The summed E-state index contributed by atoms with van der Waals surface area (Å²) in [5, 5.41) is 3.55. The summed E-state index contributed by atoms with van der Waals surface area (Å²) < 4.78 is 5.61. The van der Waals surface area contributed by atoms with Gasteiger partial charge in [0.2, 0.25) is 0 Å². The zero-order valence-corrected chi connectivity index (χ0v) is 12.6. The SMILES string of the molecule is CC#CCCC(NC)C1(c2ccccc2)CCOCC1. The summed E-state index contributed by atoms with van der Waals surface area (Å²) in [6, 6.07) is 11.4. The van der Waals surface area contributed by atoms with Gasteiger partial charge in [-0.05, 0) is 38.8 Å². The Balaban J connectivity index is 2.26. The first-order chi connectivity index (χ1) is 9.83. The highest BCUT2D eigenvalue weighted by atomic mass is 16.5. The molecule has 20 heavy (non-hydrogen) atoms. The topological polar surface area (TPSA) is 21.3 Å². The number of likely N-dealkylation sites (N-methyl/N-ethyl adjacent to an activating group) is 1. The molecule has 0 bridgehead atoms. The van der Waals surface area contributed by atoms with Crippen molar-refractivity contribution < 1.29 is 4.74 Å². The fourth-order valence-corrected chi connectivity index (χ4v) is 3.38. The molecule has 1 atom stereocenters.